The topological polar surface area (TPSA) is 102 Å². The fraction of sp³-hybridized carbons (Fsp3) is 0.250. The van der Waals surface area contributed by atoms with Gasteiger partial charge in [0.1, 0.15) is 17.7 Å². The van der Waals surface area contributed by atoms with Crippen molar-refractivity contribution < 1.29 is 18.8 Å². The fourth-order valence-corrected chi connectivity index (χ4v) is 5.79. The summed E-state index contributed by atoms with van der Waals surface area (Å²) in [6.45, 7) is 4.86. The molecule has 6 rings (SSSR count). The number of nitrogens with zero attached hydrogens (tertiary/aromatic N) is 5. The molecule has 10 heteroatoms. The van der Waals surface area contributed by atoms with E-state index in [-0.39, 0.29) is 44.0 Å². The fourth-order valence-electron chi connectivity index (χ4n) is 5.79. The average molecular weight is 565 g/mol. The molecular weight excluding hydrogens is 532 g/mol. The summed E-state index contributed by atoms with van der Waals surface area (Å²) in [4.78, 5) is 48.8. The molecular formula is C32H32N6O4. The monoisotopic (exact) mass is 564 g/mol. The Hall–Kier alpha value is -4.96. The highest BCUT2D eigenvalue weighted by Gasteiger charge is 2.52. The van der Waals surface area contributed by atoms with Crippen molar-refractivity contribution in [3.05, 3.63) is 115 Å². The first kappa shape index (κ1) is 27.2. The van der Waals surface area contributed by atoms with Crippen LogP contribution < -0.4 is 5.32 Å². The lowest BCUT2D eigenvalue weighted by Crippen LogP contribution is -2.66. The number of benzene rings is 3. The highest BCUT2D eigenvalue weighted by atomic mass is 16.3. The molecule has 4 aromatic rings. The van der Waals surface area contributed by atoms with E-state index in [1.807, 2.05) is 78.9 Å². The van der Waals surface area contributed by atoms with Crippen LogP contribution in [0.5, 0.6) is 0 Å². The number of nitrogens with one attached hydrogen (secondary N) is 1. The normalized spacial score (nSPS) is 18.8. The molecule has 0 spiro atoms. The molecule has 1 aromatic heterocycles. The van der Waals surface area contributed by atoms with E-state index < -0.39 is 12.2 Å². The largest absolute Gasteiger partial charge is 0.443 e. The standard InChI is InChI=1S/C32H32N6O4/c1-2-16-36(32(41)33-18-24-12-7-4-8-13-24)37-21-29(39)38-27(17-23-10-5-3-6-11-23)31(40)35(20-28(37)38)19-25-14-9-15-26-30(25)42-22-34-26/h2-15,22,27-28H,1,16-21H2,(H,33,41)/t27-,28+/m0/s1. The van der Waals surface area contributed by atoms with Crippen molar-refractivity contribution in [1.82, 2.24) is 30.1 Å². The SMILES string of the molecule is C=CCN(C(=O)NCc1ccccc1)N1CC(=O)N2[C@@H](Cc3ccccc3)C(=O)N(Cc3cccc4ncoc34)C[C@@H]21. The Balaban J connectivity index is 1.31. The first-order valence-electron chi connectivity index (χ1n) is 13.9. The number of fused-ring (bicyclic) bond motifs is 2. The molecule has 2 aliphatic rings. The lowest BCUT2D eigenvalue weighted by Gasteiger charge is -2.46. The molecule has 42 heavy (non-hydrogen) atoms. The summed E-state index contributed by atoms with van der Waals surface area (Å²) in [5.74, 6) is -0.346. The number of oxazole rings is 1. The maximum Gasteiger partial charge on any atom is 0.332 e. The quantitative estimate of drug-likeness (QED) is 0.312. The second-order valence-corrected chi connectivity index (χ2v) is 10.4. The van der Waals surface area contributed by atoms with Crippen LogP contribution in [0, 0.1) is 0 Å². The summed E-state index contributed by atoms with van der Waals surface area (Å²) in [6, 6.07) is 23.9. The Labute approximate surface area is 243 Å². The van der Waals surface area contributed by atoms with Crippen molar-refractivity contribution in [3.63, 3.8) is 0 Å². The van der Waals surface area contributed by atoms with Gasteiger partial charge in [-0.25, -0.2) is 9.78 Å². The van der Waals surface area contributed by atoms with E-state index >= 15 is 0 Å². The molecule has 0 bridgehead atoms. The first-order valence-corrected chi connectivity index (χ1v) is 13.9. The van der Waals surface area contributed by atoms with Crippen molar-refractivity contribution in [2.24, 2.45) is 0 Å². The van der Waals surface area contributed by atoms with Gasteiger partial charge in [0.2, 0.25) is 11.8 Å². The molecule has 2 atom stereocenters. The average Bonchev–Trinajstić information content (AvgIpc) is 3.63. The predicted octanol–water partition coefficient (Wildman–Crippen LogP) is 3.56. The number of hydrogen-bond acceptors (Lipinski definition) is 6. The van der Waals surface area contributed by atoms with Crippen molar-refractivity contribution in [1.29, 1.82) is 0 Å². The molecule has 0 saturated carbocycles. The molecule has 0 unspecified atom stereocenters. The Bertz CT molecular complexity index is 1590. The molecule has 0 aliphatic carbocycles. The van der Waals surface area contributed by atoms with Crippen LogP contribution in [-0.2, 0) is 29.1 Å². The van der Waals surface area contributed by atoms with E-state index in [4.69, 9.17) is 4.42 Å². The number of para-hydroxylation sites is 1. The first-order chi connectivity index (χ1) is 20.5. The van der Waals surface area contributed by atoms with E-state index in [1.54, 1.807) is 20.9 Å². The third-order valence-corrected chi connectivity index (χ3v) is 7.77. The maximum absolute atomic E-state index is 14.1. The third-order valence-electron chi connectivity index (χ3n) is 7.77. The molecule has 2 fully saturated rings. The van der Waals surface area contributed by atoms with Gasteiger partial charge in [0, 0.05) is 25.1 Å². The Kier molecular flexibility index (Phi) is 7.70. The lowest BCUT2D eigenvalue weighted by molar-refractivity contribution is -0.157. The van der Waals surface area contributed by atoms with E-state index in [9.17, 15) is 14.4 Å². The number of amides is 4. The molecule has 2 saturated heterocycles. The van der Waals surface area contributed by atoms with Gasteiger partial charge in [-0.15, -0.1) is 6.58 Å². The van der Waals surface area contributed by atoms with Gasteiger partial charge in [0.15, 0.2) is 12.0 Å². The van der Waals surface area contributed by atoms with Crippen LogP contribution in [-0.4, -0.2) is 74.5 Å². The Morgan fingerprint density at radius 1 is 1.02 bits per heavy atom. The molecule has 0 radical (unpaired) electrons. The van der Waals surface area contributed by atoms with Crippen LogP contribution in [0.1, 0.15) is 16.7 Å². The molecule has 214 valence electrons. The number of carbonyl (C=O) groups is 3. The predicted molar refractivity (Wildman–Crippen MR) is 156 cm³/mol. The highest BCUT2D eigenvalue weighted by molar-refractivity contribution is 5.92. The Morgan fingerprint density at radius 2 is 1.76 bits per heavy atom. The summed E-state index contributed by atoms with van der Waals surface area (Å²) in [5, 5.41) is 6.24. The summed E-state index contributed by atoms with van der Waals surface area (Å²) in [7, 11) is 0. The van der Waals surface area contributed by atoms with Crippen LogP contribution >= 0.6 is 0 Å². The van der Waals surface area contributed by atoms with Crippen molar-refractivity contribution >= 4 is 28.9 Å². The number of aromatic nitrogens is 1. The third kappa shape index (κ3) is 5.36. The maximum atomic E-state index is 14.1. The van der Waals surface area contributed by atoms with Gasteiger partial charge in [-0.1, -0.05) is 78.9 Å². The van der Waals surface area contributed by atoms with Crippen LogP contribution in [0.4, 0.5) is 4.79 Å². The summed E-state index contributed by atoms with van der Waals surface area (Å²) in [6.07, 6.45) is 2.85. The van der Waals surface area contributed by atoms with Gasteiger partial charge >= 0.3 is 6.03 Å². The van der Waals surface area contributed by atoms with E-state index in [2.05, 4.69) is 16.9 Å². The van der Waals surface area contributed by atoms with Crippen LogP contribution in [0.25, 0.3) is 11.1 Å². The van der Waals surface area contributed by atoms with Gasteiger partial charge in [-0.2, -0.15) is 5.01 Å². The minimum Gasteiger partial charge on any atom is -0.443 e. The zero-order chi connectivity index (χ0) is 29.1. The molecule has 3 aromatic carbocycles. The summed E-state index contributed by atoms with van der Waals surface area (Å²) in [5.41, 5.74) is 4.07. The minimum absolute atomic E-state index is 0.0264. The number of hydrogen-bond donors (Lipinski definition) is 1. The van der Waals surface area contributed by atoms with Crippen LogP contribution in [0.3, 0.4) is 0 Å². The number of piperazine rings is 1. The number of hydrazine groups is 1. The van der Waals surface area contributed by atoms with E-state index in [1.165, 1.54) is 11.4 Å². The zero-order valence-electron chi connectivity index (χ0n) is 23.1. The van der Waals surface area contributed by atoms with E-state index in [0.717, 1.165) is 16.7 Å². The number of carbonyl (C=O) groups excluding carboxylic acids is 3. The molecule has 4 amide bonds. The van der Waals surface area contributed by atoms with E-state index in [0.29, 0.717) is 24.1 Å². The van der Waals surface area contributed by atoms with Crippen molar-refractivity contribution in [3.8, 4) is 0 Å². The zero-order valence-corrected chi connectivity index (χ0v) is 23.1. The second kappa shape index (κ2) is 11.9. The molecule has 10 nitrogen and oxygen atoms in total. The number of urea groups is 1. The van der Waals surface area contributed by atoms with Crippen LogP contribution in [0.15, 0.2) is 102 Å². The van der Waals surface area contributed by atoms with Gasteiger partial charge in [0.25, 0.3) is 0 Å². The van der Waals surface area contributed by atoms with Crippen molar-refractivity contribution in [2.45, 2.75) is 31.7 Å². The smallest absolute Gasteiger partial charge is 0.332 e. The second-order valence-electron chi connectivity index (χ2n) is 10.4. The number of rotatable bonds is 9. The van der Waals surface area contributed by atoms with Gasteiger partial charge in [-0.3, -0.25) is 14.6 Å². The van der Waals surface area contributed by atoms with Gasteiger partial charge in [0.05, 0.1) is 19.6 Å². The molecule has 1 N–H and O–H groups in total. The van der Waals surface area contributed by atoms with Crippen LogP contribution in [0.2, 0.25) is 0 Å². The molecule has 3 heterocycles. The highest BCUT2D eigenvalue weighted by Crippen LogP contribution is 2.31. The molecule has 2 aliphatic heterocycles. The van der Waals surface area contributed by atoms with Crippen molar-refractivity contribution in [2.75, 3.05) is 19.6 Å². The van der Waals surface area contributed by atoms with Gasteiger partial charge in [-0.05, 0) is 17.2 Å². The lowest BCUT2D eigenvalue weighted by atomic mass is 10.00. The minimum atomic E-state index is -0.726. The van der Waals surface area contributed by atoms with Gasteiger partial charge < -0.3 is 19.5 Å². The Morgan fingerprint density at radius 3 is 2.50 bits per heavy atom. The summed E-state index contributed by atoms with van der Waals surface area (Å²) < 4.78 is 5.64. The summed E-state index contributed by atoms with van der Waals surface area (Å²) >= 11 is 0.